The molecule has 13 heavy (non-hydrogen) atoms. The average molecular weight is 176 g/mol. The molecule has 70 valence electrons. The van der Waals surface area contributed by atoms with E-state index in [9.17, 15) is 5.11 Å². The van der Waals surface area contributed by atoms with Crippen LogP contribution >= 0.6 is 0 Å². The third-order valence-corrected chi connectivity index (χ3v) is 2.60. The van der Waals surface area contributed by atoms with Gasteiger partial charge in [-0.3, -0.25) is 0 Å². The quantitative estimate of drug-likeness (QED) is 0.702. The van der Waals surface area contributed by atoms with Gasteiger partial charge in [0, 0.05) is 5.92 Å². The Morgan fingerprint density at radius 1 is 1.38 bits per heavy atom. The molecule has 0 spiro atoms. The zero-order valence-corrected chi connectivity index (χ0v) is 8.20. The van der Waals surface area contributed by atoms with Gasteiger partial charge in [-0.15, -0.1) is 6.58 Å². The zero-order valence-electron chi connectivity index (χ0n) is 8.20. The molecule has 0 radical (unpaired) electrons. The van der Waals surface area contributed by atoms with Crippen LogP contribution in [0.1, 0.15) is 19.4 Å². The second kappa shape index (κ2) is 3.75. The SMILES string of the molecule is C=C[C@@H](C)[C@@](C)(O)c1ccccc1. The first-order valence-electron chi connectivity index (χ1n) is 4.49. The van der Waals surface area contributed by atoms with Crippen LogP contribution in [-0.4, -0.2) is 5.11 Å². The third-order valence-electron chi connectivity index (χ3n) is 2.60. The van der Waals surface area contributed by atoms with Gasteiger partial charge >= 0.3 is 0 Å². The highest BCUT2D eigenvalue weighted by molar-refractivity contribution is 5.23. The summed E-state index contributed by atoms with van der Waals surface area (Å²) in [5.41, 5.74) is 0.116. The second-order valence-electron chi connectivity index (χ2n) is 3.54. The van der Waals surface area contributed by atoms with E-state index in [1.807, 2.05) is 44.2 Å². The molecular weight excluding hydrogens is 160 g/mol. The standard InChI is InChI=1S/C12H16O/c1-4-10(2)12(3,13)11-8-6-5-7-9-11/h4-10,13H,1H2,2-3H3/t10-,12-/m1/s1. The lowest BCUT2D eigenvalue weighted by atomic mass is 9.84. The van der Waals surface area contributed by atoms with E-state index < -0.39 is 5.60 Å². The summed E-state index contributed by atoms with van der Waals surface area (Å²) >= 11 is 0. The lowest BCUT2D eigenvalue weighted by Crippen LogP contribution is -2.28. The summed E-state index contributed by atoms with van der Waals surface area (Å²) in [5, 5.41) is 10.2. The van der Waals surface area contributed by atoms with Gasteiger partial charge in [-0.2, -0.15) is 0 Å². The molecule has 0 aliphatic rings. The highest BCUT2D eigenvalue weighted by Crippen LogP contribution is 2.29. The van der Waals surface area contributed by atoms with Crippen LogP contribution < -0.4 is 0 Å². The number of hydrogen-bond acceptors (Lipinski definition) is 1. The molecule has 1 aromatic rings. The number of aliphatic hydroxyl groups is 1. The van der Waals surface area contributed by atoms with Crippen molar-refractivity contribution in [1.82, 2.24) is 0 Å². The van der Waals surface area contributed by atoms with Gasteiger partial charge in [0.05, 0.1) is 5.60 Å². The van der Waals surface area contributed by atoms with Crippen LogP contribution in [0.2, 0.25) is 0 Å². The van der Waals surface area contributed by atoms with Crippen LogP contribution in [0.25, 0.3) is 0 Å². The van der Waals surface area contributed by atoms with Gasteiger partial charge in [0.15, 0.2) is 0 Å². The summed E-state index contributed by atoms with van der Waals surface area (Å²) in [7, 11) is 0. The Kier molecular flexibility index (Phi) is 2.89. The molecule has 0 aliphatic heterocycles. The smallest absolute Gasteiger partial charge is 0.0928 e. The fourth-order valence-corrected chi connectivity index (χ4v) is 1.27. The largest absolute Gasteiger partial charge is 0.385 e. The van der Waals surface area contributed by atoms with Crippen molar-refractivity contribution in [3.63, 3.8) is 0 Å². The van der Waals surface area contributed by atoms with E-state index in [0.717, 1.165) is 5.56 Å². The van der Waals surface area contributed by atoms with Crippen molar-refractivity contribution in [2.24, 2.45) is 5.92 Å². The summed E-state index contributed by atoms with van der Waals surface area (Å²) in [5.74, 6) is 0.0508. The van der Waals surface area contributed by atoms with Crippen molar-refractivity contribution in [3.05, 3.63) is 48.6 Å². The van der Waals surface area contributed by atoms with Crippen molar-refractivity contribution >= 4 is 0 Å². The molecule has 1 heteroatoms. The first-order valence-corrected chi connectivity index (χ1v) is 4.49. The van der Waals surface area contributed by atoms with E-state index in [0.29, 0.717) is 0 Å². The molecule has 1 N–H and O–H groups in total. The third kappa shape index (κ3) is 1.99. The van der Waals surface area contributed by atoms with Crippen molar-refractivity contribution in [3.8, 4) is 0 Å². The van der Waals surface area contributed by atoms with E-state index >= 15 is 0 Å². The molecule has 0 aromatic heterocycles. The second-order valence-corrected chi connectivity index (χ2v) is 3.54. The van der Waals surface area contributed by atoms with Gasteiger partial charge in [-0.1, -0.05) is 43.3 Å². The van der Waals surface area contributed by atoms with Crippen LogP contribution in [0.5, 0.6) is 0 Å². The molecule has 0 unspecified atom stereocenters. The van der Waals surface area contributed by atoms with Gasteiger partial charge < -0.3 is 5.11 Å². The van der Waals surface area contributed by atoms with Gasteiger partial charge in [0.1, 0.15) is 0 Å². The van der Waals surface area contributed by atoms with Crippen LogP contribution in [0.15, 0.2) is 43.0 Å². The fraction of sp³-hybridized carbons (Fsp3) is 0.333. The van der Waals surface area contributed by atoms with E-state index in [4.69, 9.17) is 0 Å². The average Bonchev–Trinajstić information content (AvgIpc) is 2.18. The van der Waals surface area contributed by atoms with Gasteiger partial charge in [0.2, 0.25) is 0 Å². The molecular formula is C12H16O. The van der Waals surface area contributed by atoms with Crippen molar-refractivity contribution in [2.45, 2.75) is 19.4 Å². The lowest BCUT2D eigenvalue weighted by Gasteiger charge is -2.28. The highest BCUT2D eigenvalue weighted by atomic mass is 16.3. The lowest BCUT2D eigenvalue weighted by molar-refractivity contribution is 0.0205. The number of rotatable bonds is 3. The van der Waals surface area contributed by atoms with Crippen LogP contribution in [-0.2, 0) is 5.60 Å². The van der Waals surface area contributed by atoms with Crippen LogP contribution in [0.4, 0.5) is 0 Å². The predicted octanol–water partition coefficient (Wildman–Crippen LogP) is 2.72. The minimum Gasteiger partial charge on any atom is -0.385 e. The molecule has 0 amide bonds. The van der Waals surface area contributed by atoms with E-state index in [1.54, 1.807) is 6.08 Å². The van der Waals surface area contributed by atoms with Crippen LogP contribution in [0, 0.1) is 5.92 Å². The van der Waals surface area contributed by atoms with E-state index in [2.05, 4.69) is 6.58 Å². The van der Waals surface area contributed by atoms with Crippen molar-refractivity contribution in [1.29, 1.82) is 0 Å². The summed E-state index contributed by atoms with van der Waals surface area (Å²) in [6.07, 6.45) is 1.77. The molecule has 0 aliphatic carbocycles. The predicted molar refractivity (Wildman–Crippen MR) is 55.4 cm³/mol. The molecule has 0 saturated carbocycles. The molecule has 1 nitrogen and oxygen atoms in total. The molecule has 0 heterocycles. The Bertz CT molecular complexity index is 274. The monoisotopic (exact) mass is 176 g/mol. The molecule has 1 aromatic carbocycles. The molecule has 0 bridgehead atoms. The summed E-state index contributed by atoms with van der Waals surface area (Å²) in [4.78, 5) is 0. The molecule has 1 rings (SSSR count). The van der Waals surface area contributed by atoms with Gasteiger partial charge in [-0.25, -0.2) is 0 Å². The molecule has 0 saturated heterocycles. The summed E-state index contributed by atoms with van der Waals surface area (Å²) < 4.78 is 0. The molecule has 0 fully saturated rings. The maximum absolute atomic E-state index is 10.2. The minimum atomic E-state index is -0.816. The maximum Gasteiger partial charge on any atom is 0.0928 e. The van der Waals surface area contributed by atoms with Crippen LogP contribution in [0.3, 0.4) is 0 Å². The van der Waals surface area contributed by atoms with E-state index in [-0.39, 0.29) is 5.92 Å². The van der Waals surface area contributed by atoms with Gasteiger partial charge in [0.25, 0.3) is 0 Å². The van der Waals surface area contributed by atoms with E-state index in [1.165, 1.54) is 0 Å². The Balaban J connectivity index is 3.00. The Morgan fingerprint density at radius 3 is 2.38 bits per heavy atom. The highest BCUT2D eigenvalue weighted by Gasteiger charge is 2.27. The normalized spacial score (nSPS) is 17.5. The first-order chi connectivity index (χ1) is 6.09. The van der Waals surface area contributed by atoms with Gasteiger partial charge in [-0.05, 0) is 12.5 Å². The maximum atomic E-state index is 10.2. The minimum absolute atomic E-state index is 0.0508. The summed E-state index contributed by atoms with van der Waals surface area (Å²) in [6, 6.07) is 9.66. The molecule has 2 atom stereocenters. The Labute approximate surface area is 79.7 Å². The summed E-state index contributed by atoms with van der Waals surface area (Å²) in [6.45, 7) is 7.46. The fourth-order valence-electron chi connectivity index (χ4n) is 1.27. The van der Waals surface area contributed by atoms with Crippen molar-refractivity contribution < 1.29 is 5.11 Å². The number of hydrogen-bond donors (Lipinski definition) is 1. The number of benzene rings is 1. The zero-order chi connectivity index (χ0) is 9.90. The van der Waals surface area contributed by atoms with Crippen molar-refractivity contribution in [2.75, 3.05) is 0 Å². The topological polar surface area (TPSA) is 20.2 Å². The Hall–Kier alpha value is -1.08. The Morgan fingerprint density at radius 2 is 1.92 bits per heavy atom. The first kappa shape index (κ1) is 10.0.